The van der Waals surface area contributed by atoms with Crippen LogP contribution in [-0.4, -0.2) is 41.1 Å². The number of aliphatic hydroxyl groups is 1. The molecule has 2 atom stereocenters. The Morgan fingerprint density at radius 2 is 2.26 bits per heavy atom. The lowest BCUT2D eigenvalue weighted by molar-refractivity contribution is -0.133. The first kappa shape index (κ1) is 14.3. The number of likely N-dealkylation sites (N-methyl/N-ethyl adjacent to an activating group) is 1. The van der Waals surface area contributed by atoms with Crippen molar-refractivity contribution in [3.63, 3.8) is 0 Å². The predicted molar refractivity (Wildman–Crippen MR) is 75.0 cm³/mol. The number of hydrogen-bond donors (Lipinski definition) is 2. The van der Waals surface area contributed by atoms with Crippen LogP contribution in [0.15, 0.2) is 24.3 Å². The Hall–Kier alpha value is -1.10. The molecule has 1 aliphatic rings. The summed E-state index contributed by atoms with van der Waals surface area (Å²) in [6, 6.07) is 7.26. The average molecular weight is 283 g/mol. The van der Waals surface area contributed by atoms with Gasteiger partial charge >= 0.3 is 0 Å². The molecule has 4 nitrogen and oxygen atoms in total. The van der Waals surface area contributed by atoms with Crippen LogP contribution in [0.1, 0.15) is 18.9 Å². The summed E-state index contributed by atoms with van der Waals surface area (Å²) in [5, 5.41) is 13.2. The first-order valence-corrected chi connectivity index (χ1v) is 6.93. The SMILES string of the molecule is CCN(Cc1ccccc1Cl)C(=O)[C@@H]1C[C@@H](O)CN1. The summed E-state index contributed by atoms with van der Waals surface area (Å²) in [7, 11) is 0. The molecule has 1 aliphatic heterocycles. The summed E-state index contributed by atoms with van der Waals surface area (Å²) < 4.78 is 0. The maximum atomic E-state index is 12.3. The van der Waals surface area contributed by atoms with Crippen LogP contribution < -0.4 is 5.32 Å². The van der Waals surface area contributed by atoms with Crippen LogP contribution in [-0.2, 0) is 11.3 Å². The van der Waals surface area contributed by atoms with Crippen molar-refractivity contribution in [3.05, 3.63) is 34.9 Å². The van der Waals surface area contributed by atoms with Crippen molar-refractivity contribution in [3.8, 4) is 0 Å². The Balaban J connectivity index is 2.04. The van der Waals surface area contributed by atoms with E-state index >= 15 is 0 Å². The molecule has 1 heterocycles. The van der Waals surface area contributed by atoms with Gasteiger partial charge in [-0.15, -0.1) is 0 Å². The fourth-order valence-electron chi connectivity index (χ4n) is 2.30. The molecule has 2 N–H and O–H groups in total. The summed E-state index contributed by atoms with van der Waals surface area (Å²) in [4.78, 5) is 14.1. The van der Waals surface area contributed by atoms with Gasteiger partial charge in [0.2, 0.25) is 5.91 Å². The molecule has 0 unspecified atom stereocenters. The van der Waals surface area contributed by atoms with Gasteiger partial charge in [-0.1, -0.05) is 29.8 Å². The number of rotatable bonds is 4. The number of amides is 1. The highest BCUT2D eigenvalue weighted by molar-refractivity contribution is 6.31. The Morgan fingerprint density at radius 1 is 1.53 bits per heavy atom. The van der Waals surface area contributed by atoms with Crippen molar-refractivity contribution < 1.29 is 9.90 Å². The first-order chi connectivity index (χ1) is 9.11. The monoisotopic (exact) mass is 282 g/mol. The molecule has 1 amide bonds. The van der Waals surface area contributed by atoms with E-state index in [0.717, 1.165) is 5.56 Å². The van der Waals surface area contributed by atoms with Crippen molar-refractivity contribution in [1.82, 2.24) is 10.2 Å². The standard InChI is InChI=1S/C14H19ClN2O2/c1-2-17(9-10-5-3-4-6-12(10)15)14(19)13-7-11(18)8-16-13/h3-6,11,13,16,18H,2,7-9H2,1H3/t11-,13+/m1/s1. The second-order valence-corrected chi connectivity index (χ2v) is 5.20. The molecule has 104 valence electrons. The van der Waals surface area contributed by atoms with Crippen LogP contribution >= 0.6 is 11.6 Å². The van der Waals surface area contributed by atoms with E-state index in [1.807, 2.05) is 31.2 Å². The van der Waals surface area contributed by atoms with Gasteiger partial charge in [0.15, 0.2) is 0 Å². The molecule has 1 saturated heterocycles. The number of carbonyl (C=O) groups is 1. The van der Waals surface area contributed by atoms with E-state index in [1.54, 1.807) is 4.90 Å². The van der Waals surface area contributed by atoms with Gasteiger partial charge in [0.1, 0.15) is 0 Å². The zero-order valence-electron chi connectivity index (χ0n) is 11.0. The normalized spacial score (nSPS) is 22.5. The molecule has 5 heteroatoms. The van der Waals surface area contributed by atoms with Gasteiger partial charge in [0.25, 0.3) is 0 Å². The summed E-state index contributed by atoms with van der Waals surface area (Å²) in [5.74, 6) is 0.0268. The van der Waals surface area contributed by atoms with E-state index in [1.165, 1.54) is 0 Å². The lowest BCUT2D eigenvalue weighted by Gasteiger charge is -2.24. The Morgan fingerprint density at radius 3 is 2.84 bits per heavy atom. The lowest BCUT2D eigenvalue weighted by Crippen LogP contribution is -2.43. The van der Waals surface area contributed by atoms with E-state index in [2.05, 4.69) is 5.32 Å². The quantitative estimate of drug-likeness (QED) is 0.878. The van der Waals surface area contributed by atoms with Crippen molar-refractivity contribution in [2.24, 2.45) is 0 Å². The number of nitrogens with one attached hydrogen (secondary N) is 1. The third-order valence-electron chi connectivity index (χ3n) is 3.42. The number of nitrogens with zero attached hydrogens (tertiary/aromatic N) is 1. The van der Waals surface area contributed by atoms with E-state index in [-0.39, 0.29) is 11.9 Å². The fraction of sp³-hybridized carbons (Fsp3) is 0.500. The van der Waals surface area contributed by atoms with Gasteiger partial charge < -0.3 is 15.3 Å². The molecule has 0 saturated carbocycles. The minimum Gasteiger partial charge on any atom is -0.392 e. The van der Waals surface area contributed by atoms with E-state index in [9.17, 15) is 9.90 Å². The predicted octanol–water partition coefficient (Wildman–Crippen LogP) is 1.41. The number of carbonyl (C=O) groups excluding carboxylic acids is 1. The molecule has 0 bridgehead atoms. The highest BCUT2D eigenvalue weighted by Gasteiger charge is 2.30. The smallest absolute Gasteiger partial charge is 0.240 e. The number of β-amino-alcohol motifs (C(OH)–C–C–N with tert-alkyl or cyclic N) is 1. The second-order valence-electron chi connectivity index (χ2n) is 4.79. The number of halogens is 1. The molecule has 1 fully saturated rings. The van der Waals surface area contributed by atoms with Gasteiger partial charge in [-0.05, 0) is 25.0 Å². The van der Waals surface area contributed by atoms with E-state index < -0.39 is 6.10 Å². The van der Waals surface area contributed by atoms with Crippen LogP contribution in [0.3, 0.4) is 0 Å². The molecule has 2 rings (SSSR count). The first-order valence-electron chi connectivity index (χ1n) is 6.55. The van der Waals surface area contributed by atoms with Crippen LogP contribution in [0.2, 0.25) is 5.02 Å². The van der Waals surface area contributed by atoms with Crippen molar-refractivity contribution in [2.45, 2.75) is 32.0 Å². The molecule has 0 aliphatic carbocycles. The van der Waals surface area contributed by atoms with Crippen LogP contribution in [0.4, 0.5) is 0 Å². The molecule has 0 spiro atoms. The maximum Gasteiger partial charge on any atom is 0.240 e. The fourth-order valence-corrected chi connectivity index (χ4v) is 2.50. The zero-order valence-corrected chi connectivity index (χ0v) is 11.7. The molecular weight excluding hydrogens is 264 g/mol. The van der Waals surface area contributed by atoms with Crippen molar-refractivity contribution in [1.29, 1.82) is 0 Å². The summed E-state index contributed by atoms with van der Waals surface area (Å²) >= 11 is 6.12. The molecular formula is C14H19ClN2O2. The Labute approximate surface area is 118 Å². The van der Waals surface area contributed by atoms with Gasteiger partial charge in [0, 0.05) is 24.7 Å². The van der Waals surface area contributed by atoms with Crippen LogP contribution in [0.5, 0.6) is 0 Å². The van der Waals surface area contributed by atoms with Crippen LogP contribution in [0.25, 0.3) is 0 Å². The molecule has 0 radical (unpaired) electrons. The largest absolute Gasteiger partial charge is 0.392 e. The summed E-state index contributed by atoms with van der Waals surface area (Å²) in [5.41, 5.74) is 0.943. The maximum absolute atomic E-state index is 12.3. The zero-order chi connectivity index (χ0) is 13.8. The number of benzene rings is 1. The van der Waals surface area contributed by atoms with Gasteiger partial charge in [0.05, 0.1) is 12.1 Å². The van der Waals surface area contributed by atoms with Crippen LogP contribution in [0, 0.1) is 0 Å². The molecule has 1 aromatic carbocycles. The second kappa shape index (κ2) is 6.37. The number of hydrogen-bond acceptors (Lipinski definition) is 3. The lowest BCUT2D eigenvalue weighted by atomic mass is 10.1. The van der Waals surface area contributed by atoms with E-state index in [4.69, 9.17) is 11.6 Å². The highest BCUT2D eigenvalue weighted by Crippen LogP contribution is 2.18. The summed E-state index contributed by atoms with van der Waals surface area (Å²) in [6.07, 6.45) is 0.0608. The van der Waals surface area contributed by atoms with Gasteiger partial charge in [-0.2, -0.15) is 0 Å². The minimum atomic E-state index is -0.423. The molecule has 1 aromatic rings. The summed E-state index contributed by atoms with van der Waals surface area (Å²) in [6.45, 7) is 3.56. The van der Waals surface area contributed by atoms with Gasteiger partial charge in [-0.3, -0.25) is 4.79 Å². The highest BCUT2D eigenvalue weighted by atomic mass is 35.5. The topological polar surface area (TPSA) is 52.6 Å². The van der Waals surface area contributed by atoms with Gasteiger partial charge in [-0.25, -0.2) is 0 Å². The third kappa shape index (κ3) is 3.47. The number of aliphatic hydroxyl groups excluding tert-OH is 1. The third-order valence-corrected chi connectivity index (χ3v) is 3.79. The average Bonchev–Trinajstić information content (AvgIpc) is 2.84. The molecule has 0 aromatic heterocycles. The minimum absolute atomic E-state index is 0.0268. The van der Waals surface area contributed by atoms with Crippen molar-refractivity contribution >= 4 is 17.5 Å². The van der Waals surface area contributed by atoms with Crippen molar-refractivity contribution in [2.75, 3.05) is 13.1 Å². The molecule has 19 heavy (non-hydrogen) atoms. The Kier molecular flexibility index (Phi) is 4.80. The Bertz CT molecular complexity index is 453. The van der Waals surface area contributed by atoms with E-state index in [0.29, 0.717) is 31.1 Å².